The zero-order valence-electron chi connectivity index (χ0n) is 11.1. The zero-order valence-corrected chi connectivity index (χ0v) is 11.8. The quantitative estimate of drug-likeness (QED) is 0.771. The Morgan fingerprint density at radius 3 is 2.45 bits per heavy atom. The highest BCUT2D eigenvalue weighted by Crippen LogP contribution is 2.26. The second-order valence-electron chi connectivity index (χ2n) is 4.94. The fraction of sp³-hybridized carbons (Fsp3) is 0.308. The third-order valence-electron chi connectivity index (χ3n) is 2.72. The predicted octanol–water partition coefficient (Wildman–Crippen LogP) is 1.88. The molecule has 1 aromatic carbocycles. The number of nitrogens with one attached hydrogen (secondary N) is 1. The number of carbonyl (C=O) groups excluding carboxylic acids is 2. The van der Waals surface area contributed by atoms with Crippen LogP contribution >= 0.6 is 11.6 Å². The SMILES string of the molecule is CC(C)(CC(=O)Nc1cccc(Cl)c1C(N)=O)C(=O)O. The van der Waals surface area contributed by atoms with Gasteiger partial charge in [-0.25, -0.2) is 0 Å². The summed E-state index contributed by atoms with van der Waals surface area (Å²) in [5.41, 5.74) is 4.14. The highest BCUT2D eigenvalue weighted by Gasteiger charge is 2.30. The number of halogens is 1. The summed E-state index contributed by atoms with van der Waals surface area (Å²) in [6.07, 6.45) is -0.243. The number of rotatable bonds is 5. The maximum Gasteiger partial charge on any atom is 0.309 e. The van der Waals surface area contributed by atoms with E-state index in [1.807, 2.05) is 0 Å². The van der Waals surface area contributed by atoms with Crippen molar-refractivity contribution >= 4 is 35.1 Å². The van der Waals surface area contributed by atoms with Gasteiger partial charge in [-0.15, -0.1) is 0 Å². The first kappa shape index (κ1) is 16.0. The third-order valence-corrected chi connectivity index (χ3v) is 3.03. The van der Waals surface area contributed by atoms with Crippen molar-refractivity contribution in [2.45, 2.75) is 20.3 Å². The van der Waals surface area contributed by atoms with Gasteiger partial charge in [0.25, 0.3) is 5.91 Å². The lowest BCUT2D eigenvalue weighted by atomic mass is 9.89. The van der Waals surface area contributed by atoms with Gasteiger partial charge < -0.3 is 16.2 Å². The van der Waals surface area contributed by atoms with Crippen molar-refractivity contribution < 1.29 is 19.5 Å². The van der Waals surface area contributed by atoms with Gasteiger partial charge in [0.1, 0.15) is 0 Å². The predicted molar refractivity (Wildman–Crippen MR) is 74.6 cm³/mol. The number of amides is 2. The van der Waals surface area contributed by atoms with Crippen LogP contribution in [-0.4, -0.2) is 22.9 Å². The van der Waals surface area contributed by atoms with Crippen LogP contribution in [0.15, 0.2) is 18.2 Å². The minimum absolute atomic E-state index is 0.00403. The van der Waals surface area contributed by atoms with Crippen LogP contribution in [0.5, 0.6) is 0 Å². The highest BCUT2D eigenvalue weighted by molar-refractivity contribution is 6.34. The second kappa shape index (κ2) is 5.92. The number of aliphatic carboxylic acids is 1. The summed E-state index contributed by atoms with van der Waals surface area (Å²) in [5.74, 6) is -2.40. The van der Waals surface area contributed by atoms with E-state index in [1.54, 1.807) is 6.07 Å². The average Bonchev–Trinajstić information content (AvgIpc) is 2.26. The maximum atomic E-state index is 11.8. The van der Waals surface area contributed by atoms with Crippen molar-refractivity contribution in [3.05, 3.63) is 28.8 Å². The van der Waals surface area contributed by atoms with Gasteiger partial charge in [-0.2, -0.15) is 0 Å². The minimum Gasteiger partial charge on any atom is -0.481 e. The molecule has 108 valence electrons. The lowest BCUT2D eigenvalue weighted by Gasteiger charge is -2.18. The lowest BCUT2D eigenvalue weighted by molar-refractivity contribution is -0.148. The number of nitrogens with two attached hydrogens (primary N) is 1. The van der Waals surface area contributed by atoms with E-state index in [9.17, 15) is 14.4 Å². The molecule has 0 saturated carbocycles. The van der Waals surface area contributed by atoms with Crippen molar-refractivity contribution in [2.24, 2.45) is 11.1 Å². The molecule has 0 spiro atoms. The minimum atomic E-state index is -1.21. The maximum absolute atomic E-state index is 11.8. The molecule has 0 aromatic heterocycles. The van der Waals surface area contributed by atoms with Gasteiger partial charge in [-0.3, -0.25) is 14.4 Å². The molecule has 2 amide bonds. The Bertz CT molecular complexity index is 569. The van der Waals surface area contributed by atoms with Crippen molar-refractivity contribution in [2.75, 3.05) is 5.32 Å². The molecule has 0 bridgehead atoms. The zero-order chi connectivity index (χ0) is 15.5. The number of carboxylic acid groups (broad SMARTS) is 1. The number of carboxylic acids is 1. The van der Waals surface area contributed by atoms with Crippen LogP contribution < -0.4 is 11.1 Å². The van der Waals surface area contributed by atoms with E-state index in [1.165, 1.54) is 26.0 Å². The van der Waals surface area contributed by atoms with Crippen molar-refractivity contribution in [1.29, 1.82) is 0 Å². The van der Waals surface area contributed by atoms with Gasteiger partial charge >= 0.3 is 5.97 Å². The van der Waals surface area contributed by atoms with Crippen LogP contribution in [0.1, 0.15) is 30.6 Å². The molecule has 0 radical (unpaired) electrons. The van der Waals surface area contributed by atoms with E-state index in [-0.39, 0.29) is 22.7 Å². The molecule has 0 unspecified atom stereocenters. The fourth-order valence-electron chi connectivity index (χ4n) is 1.55. The molecule has 0 fully saturated rings. The summed E-state index contributed by atoms with van der Waals surface area (Å²) in [5, 5.41) is 11.5. The number of primary amides is 1. The lowest BCUT2D eigenvalue weighted by Crippen LogP contribution is -2.30. The van der Waals surface area contributed by atoms with Crippen molar-refractivity contribution in [3.8, 4) is 0 Å². The Morgan fingerprint density at radius 1 is 1.35 bits per heavy atom. The standard InChI is InChI=1S/C13H15ClN2O4/c1-13(2,12(19)20)6-9(17)16-8-5-3-4-7(14)10(8)11(15)18/h3-5H,6H2,1-2H3,(H2,15,18)(H,16,17)(H,19,20). The van der Waals surface area contributed by atoms with E-state index >= 15 is 0 Å². The third kappa shape index (κ3) is 3.71. The Balaban J connectivity index is 2.95. The number of anilines is 1. The molecule has 6 nitrogen and oxygen atoms in total. The smallest absolute Gasteiger partial charge is 0.309 e. The van der Waals surface area contributed by atoms with Gasteiger partial charge in [0.05, 0.1) is 21.7 Å². The normalized spacial score (nSPS) is 10.9. The molecular formula is C13H15ClN2O4. The van der Waals surface area contributed by atoms with Gasteiger partial charge in [-0.05, 0) is 26.0 Å². The van der Waals surface area contributed by atoms with Crippen LogP contribution in [-0.2, 0) is 9.59 Å². The Hall–Kier alpha value is -2.08. The number of hydrogen-bond donors (Lipinski definition) is 3. The fourth-order valence-corrected chi connectivity index (χ4v) is 1.82. The second-order valence-corrected chi connectivity index (χ2v) is 5.35. The molecular weight excluding hydrogens is 284 g/mol. The van der Waals surface area contributed by atoms with E-state index in [0.717, 1.165) is 0 Å². The Labute approximate surface area is 120 Å². The molecule has 0 atom stereocenters. The van der Waals surface area contributed by atoms with Gasteiger partial charge in [0, 0.05) is 6.42 Å². The summed E-state index contributed by atoms with van der Waals surface area (Å²) in [4.78, 5) is 34.1. The molecule has 0 aliphatic heterocycles. The summed E-state index contributed by atoms with van der Waals surface area (Å²) >= 11 is 5.85. The van der Waals surface area contributed by atoms with Crippen LogP contribution in [0.25, 0.3) is 0 Å². The summed E-state index contributed by atoms with van der Waals surface area (Å²) in [6, 6.07) is 4.49. The van der Waals surface area contributed by atoms with Crippen LogP contribution in [0.4, 0.5) is 5.69 Å². The van der Waals surface area contributed by atoms with Crippen molar-refractivity contribution in [3.63, 3.8) is 0 Å². The average molecular weight is 299 g/mol. The van der Waals surface area contributed by atoms with Crippen LogP contribution in [0.2, 0.25) is 5.02 Å². The first-order chi connectivity index (χ1) is 9.15. The first-order valence-corrected chi connectivity index (χ1v) is 6.14. The first-order valence-electron chi connectivity index (χ1n) is 5.76. The van der Waals surface area contributed by atoms with Gasteiger partial charge in [0.2, 0.25) is 5.91 Å². The van der Waals surface area contributed by atoms with Gasteiger partial charge in [0.15, 0.2) is 0 Å². The van der Waals surface area contributed by atoms with E-state index in [4.69, 9.17) is 22.4 Å². The number of hydrogen-bond acceptors (Lipinski definition) is 3. The molecule has 4 N–H and O–H groups in total. The molecule has 0 aliphatic carbocycles. The summed E-state index contributed by atoms with van der Waals surface area (Å²) in [6.45, 7) is 2.86. The molecule has 20 heavy (non-hydrogen) atoms. The Morgan fingerprint density at radius 2 is 1.95 bits per heavy atom. The molecule has 0 aliphatic rings. The Kier molecular flexibility index (Phi) is 4.73. The topological polar surface area (TPSA) is 109 Å². The summed E-state index contributed by atoms with van der Waals surface area (Å²) < 4.78 is 0. The molecule has 0 heterocycles. The number of carbonyl (C=O) groups is 3. The van der Waals surface area contributed by atoms with Crippen molar-refractivity contribution in [1.82, 2.24) is 0 Å². The summed E-state index contributed by atoms with van der Waals surface area (Å²) in [7, 11) is 0. The van der Waals surface area contributed by atoms with Crippen LogP contribution in [0, 0.1) is 5.41 Å². The largest absolute Gasteiger partial charge is 0.481 e. The van der Waals surface area contributed by atoms with E-state index < -0.39 is 23.2 Å². The molecule has 0 saturated heterocycles. The van der Waals surface area contributed by atoms with Crippen LogP contribution in [0.3, 0.4) is 0 Å². The molecule has 1 rings (SSSR count). The monoisotopic (exact) mass is 298 g/mol. The number of benzene rings is 1. The van der Waals surface area contributed by atoms with Gasteiger partial charge in [-0.1, -0.05) is 17.7 Å². The highest BCUT2D eigenvalue weighted by atomic mass is 35.5. The molecule has 1 aromatic rings. The molecule has 7 heteroatoms. The van der Waals surface area contributed by atoms with E-state index in [2.05, 4.69) is 5.32 Å². The van der Waals surface area contributed by atoms with E-state index in [0.29, 0.717) is 0 Å².